The molecule has 1 rings (SSSR count). The molecule has 1 nitrogen and oxygen atoms in total. The number of hydrogen-bond donors (Lipinski definition) is 0. The van der Waals surface area contributed by atoms with E-state index < -0.39 is 0 Å². The molecule has 0 radical (unpaired) electrons. The maximum Gasteiger partial charge on any atom is 0.120 e. The molecule has 22 heavy (non-hydrogen) atoms. The molecule has 0 aliphatic heterocycles. The second-order valence-corrected chi connectivity index (χ2v) is 5.06. The van der Waals surface area contributed by atoms with Crippen molar-refractivity contribution >= 4 is 6.29 Å². The van der Waals surface area contributed by atoms with Crippen molar-refractivity contribution in [2.45, 2.75) is 38.5 Å². The molecule has 0 aliphatic carbocycles. The monoisotopic (exact) mass is 294 g/mol. The molecule has 1 aromatic rings. The number of benzene rings is 1. The molecule has 0 heterocycles. The van der Waals surface area contributed by atoms with Crippen molar-refractivity contribution in [3.63, 3.8) is 0 Å². The van der Waals surface area contributed by atoms with E-state index in [1.54, 1.807) is 0 Å². The van der Waals surface area contributed by atoms with Crippen molar-refractivity contribution in [3.8, 4) is 0 Å². The van der Waals surface area contributed by atoms with Crippen LogP contribution in [-0.4, -0.2) is 6.29 Å². The highest BCUT2D eigenvalue weighted by Crippen LogP contribution is 2.03. The Labute approximate surface area is 134 Å². The van der Waals surface area contributed by atoms with Crippen LogP contribution in [0.15, 0.2) is 78.9 Å². The van der Waals surface area contributed by atoms with E-state index >= 15 is 0 Å². The van der Waals surface area contributed by atoms with E-state index in [4.69, 9.17) is 0 Å². The minimum Gasteiger partial charge on any atom is -0.303 e. The van der Waals surface area contributed by atoms with Crippen molar-refractivity contribution in [3.05, 3.63) is 84.5 Å². The number of aryl methyl sites for hydroxylation is 1. The molecule has 0 atom stereocenters. The first-order valence-electron chi connectivity index (χ1n) is 8.04. The third kappa shape index (κ3) is 10.6. The minimum atomic E-state index is 0.615. The average Bonchev–Trinajstić information content (AvgIpc) is 2.56. The highest BCUT2D eigenvalue weighted by Gasteiger charge is 1.87. The van der Waals surface area contributed by atoms with Crippen LogP contribution in [0.5, 0.6) is 0 Å². The summed E-state index contributed by atoms with van der Waals surface area (Å²) < 4.78 is 0. The van der Waals surface area contributed by atoms with Crippen LogP contribution >= 0.6 is 0 Å². The van der Waals surface area contributed by atoms with Gasteiger partial charge in [-0.2, -0.15) is 0 Å². The predicted molar refractivity (Wildman–Crippen MR) is 95.9 cm³/mol. The Hall–Kier alpha value is -2.15. The Morgan fingerprint density at radius 2 is 1.14 bits per heavy atom. The zero-order valence-electron chi connectivity index (χ0n) is 13.2. The van der Waals surface area contributed by atoms with Gasteiger partial charge in [0.15, 0.2) is 0 Å². The summed E-state index contributed by atoms with van der Waals surface area (Å²) in [7, 11) is 0. The maximum absolute atomic E-state index is 10.1. The van der Waals surface area contributed by atoms with E-state index in [9.17, 15) is 4.79 Å². The summed E-state index contributed by atoms with van der Waals surface area (Å²) in [5.74, 6) is 0. The van der Waals surface area contributed by atoms with Crippen LogP contribution in [0.4, 0.5) is 0 Å². The van der Waals surface area contributed by atoms with Gasteiger partial charge in [-0.15, -0.1) is 0 Å². The summed E-state index contributed by atoms with van der Waals surface area (Å²) in [6, 6.07) is 10.6. The molecular formula is C21H26O. The van der Waals surface area contributed by atoms with Crippen LogP contribution in [0.1, 0.15) is 37.7 Å². The number of unbranched alkanes of at least 4 members (excludes halogenated alkanes) is 2. The van der Waals surface area contributed by atoms with Gasteiger partial charge in [-0.1, -0.05) is 78.9 Å². The lowest BCUT2D eigenvalue weighted by molar-refractivity contribution is -0.107. The lowest BCUT2D eigenvalue weighted by Gasteiger charge is -1.95. The molecule has 116 valence electrons. The van der Waals surface area contributed by atoms with Gasteiger partial charge in [-0.3, -0.25) is 0 Å². The fraction of sp³-hybridized carbons (Fsp3) is 0.286. The summed E-state index contributed by atoms with van der Waals surface area (Å²) in [6.07, 6.45) is 23.6. The molecule has 1 aromatic carbocycles. The molecule has 0 amide bonds. The lowest BCUT2D eigenvalue weighted by atomic mass is 10.1. The lowest BCUT2D eigenvalue weighted by Crippen LogP contribution is -1.80. The van der Waals surface area contributed by atoms with Crippen LogP contribution in [-0.2, 0) is 11.2 Å². The van der Waals surface area contributed by atoms with Crippen molar-refractivity contribution in [2.75, 3.05) is 0 Å². The molecule has 1 heteroatoms. The van der Waals surface area contributed by atoms with Gasteiger partial charge in [-0.25, -0.2) is 0 Å². The molecule has 0 aromatic heterocycles. The molecule has 0 fully saturated rings. The second-order valence-electron chi connectivity index (χ2n) is 5.06. The fourth-order valence-corrected chi connectivity index (χ4v) is 1.95. The Kier molecular flexibility index (Phi) is 11.2. The third-order valence-corrected chi connectivity index (χ3v) is 3.16. The molecule has 0 N–H and O–H groups in total. The van der Waals surface area contributed by atoms with Crippen molar-refractivity contribution < 1.29 is 4.79 Å². The van der Waals surface area contributed by atoms with Crippen LogP contribution in [0, 0.1) is 0 Å². The summed E-state index contributed by atoms with van der Waals surface area (Å²) in [5.41, 5.74) is 1.39. The van der Waals surface area contributed by atoms with Gasteiger partial charge < -0.3 is 4.79 Å². The molecule has 0 aliphatic rings. The van der Waals surface area contributed by atoms with Gasteiger partial charge in [0.2, 0.25) is 0 Å². The average molecular weight is 294 g/mol. The summed E-state index contributed by atoms with van der Waals surface area (Å²) in [6.45, 7) is 0. The standard InChI is InChI=1S/C21H26O/c22-20-16-11-9-7-5-3-1-2-4-6-8-10-13-17-21-18-14-12-15-19-21/h3-10,12,14-15,18-20H,1-2,11,13,16-17H2/b5-3+,6-4+,9-7+,10-8+. The number of rotatable bonds is 11. The second kappa shape index (κ2) is 13.8. The molecular weight excluding hydrogens is 268 g/mol. The fourth-order valence-electron chi connectivity index (χ4n) is 1.95. The molecule has 0 unspecified atom stereocenters. The Balaban J connectivity index is 2.01. The van der Waals surface area contributed by atoms with E-state index in [1.165, 1.54) is 5.56 Å². The van der Waals surface area contributed by atoms with Crippen LogP contribution < -0.4 is 0 Å². The van der Waals surface area contributed by atoms with Crippen LogP contribution in [0.2, 0.25) is 0 Å². The first-order valence-corrected chi connectivity index (χ1v) is 8.04. The minimum absolute atomic E-state index is 0.615. The van der Waals surface area contributed by atoms with Gasteiger partial charge in [0.25, 0.3) is 0 Å². The summed E-state index contributed by atoms with van der Waals surface area (Å²) in [4.78, 5) is 10.1. The smallest absolute Gasteiger partial charge is 0.120 e. The summed E-state index contributed by atoms with van der Waals surface area (Å²) >= 11 is 0. The first-order chi connectivity index (χ1) is 10.9. The highest BCUT2D eigenvalue weighted by atomic mass is 16.1. The number of hydrogen-bond acceptors (Lipinski definition) is 1. The number of aldehydes is 1. The summed E-state index contributed by atoms with van der Waals surface area (Å²) in [5, 5.41) is 0. The van der Waals surface area contributed by atoms with Crippen molar-refractivity contribution in [1.29, 1.82) is 0 Å². The molecule has 0 saturated carbocycles. The molecule has 0 bridgehead atoms. The predicted octanol–water partition coefficient (Wildman–Crippen LogP) is 5.60. The number of allylic oxidation sites excluding steroid dienone is 8. The topological polar surface area (TPSA) is 17.1 Å². The Morgan fingerprint density at radius 3 is 1.68 bits per heavy atom. The molecule has 0 saturated heterocycles. The van der Waals surface area contributed by atoms with Crippen LogP contribution in [0.3, 0.4) is 0 Å². The number of carbonyl (C=O) groups is 1. The third-order valence-electron chi connectivity index (χ3n) is 3.16. The van der Waals surface area contributed by atoms with Gasteiger partial charge in [0, 0.05) is 6.42 Å². The first kappa shape index (κ1) is 17.9. The molecule has 0 spiro atoms. The van der Waals surface area contributed by atoms with E-state index in [0.29, 0.717) is 6.42 Å². The van der Waals surface area contributed by atoms with Gasteiger partial charge in [0.1, 0.15) is 6.29 Å². The quantitative estimate of drug-likeness (QED) is 0.295. The van der Waals surface area contributed by atoms with Gasteiger partial charge in [0.05, 0.1) is 0 Å². The van der Waals surface area contributed by atoms with E-state index in [0.717, 1.165) is 38.4 Å². The van der Waals surface area contributed by atoms with Crippen molar-refractivity contribution in [2.24, 2.45) is 0 Å². The van der Waals surface area contributed by atoms with E-state index in [1.807, 2.05) is 18.2 Å². The zero-order chi connectivity index (χ0) is 15.7. The Bertz CT molecular complexity index is 492. The van der Waals surface area contributed by atoms with Gasteiger partial charge in [-0.05, 0) is 37.7 Å². The van der Waals surface area contributed by atoms with Crippen molar-refractivity contribution in [1.82, 2.24) is 0 Å². The highest BCUT2D eigenvalue weighted by molar-refractivity contribution is 5.49. The van der Waals surface area contributed by atoms with E-state index in [-0.39, 0.29) is 0 Å². The number of carbonyl (C=O) groups excluding carboxylic acids is 1. The zero-order valence-corrected chi connectivity index (χ0v) is 13.2. The van der Waals surface area contributed by atoms with Gasteiger partial charge >= 0.3 is 0 Å². The SMILES string of the molecule is O=CCC/C=C/C=C/CC/C=C/C=C/CCc1ccccc1. The van der Waals surface area contributed by atoms with Crippen LogP contribution in [0.25, 0.3) is 0 Å². The normalized spacial score (nSPS) is 12.2. The van der Waals surface area contributed by atoms with E-state index in [2.05, 4.69) is 60.7 Å². The maximum atomic E-state index is 10.1. The Morgan fingerprint density at radius 1 is 0.636 bits per heavy atom. The largest absolute Gasteiger partial charge is 0.303 e.